The number of carboxylic acids is 1. The van der Waals surface area contributed by atoms with Crippen molar-refractivity contribution in [3.05, 3.63) is 28.8 Å². The highest BCUT2D eigenvalue weighted by Crippen LogP contribution is 2.24. The lowest BCUT2D eigenvalue weighted by Gasteiger charge is -2.07. The van der Waals surface area contributed by atoms with Crippen LogP contribution in [0.2, 0.25) is 0 Å². The summed E-state index contributed by atoms with van der Waals surface area (Å²) >= 11 is 0. The van der Waals surface area contributed by atoms with Crippen molar-refractivity contribution in [2.24, 2.45) is 0 Å². The Bertz CT molecular complexity index is 418. The van der Waals surface area contributed by atoms with Gasteiger partial charge in [0.1, 0.15) is 11.8 Å². The van der Waals surface area contributed by atoms with E-state index >= 15 is 0 Å². The molecule has 0 unspecified atom stereocenters. The fourth-order valence-electron chi connectivity index (χ4n) is 1.33. The van der Waals surface area contributed by atoms with Gasteiger partial charge in [-0.2, -0.15) is 5.26 Å². The van der Waals surface area contributed by atoms with Crippen LogP contribution in [0.4, 0.5) is 0 Å². The SMILES string of the molecule is CCc1c(O)ccc(C#N)c1C(=O)O. The zero-order chi connectivity index (χ0) is 10.7. The zero-order valence-corrected chi connectivity index (χ0v) is 7.61. The maximum absolute atomic E-state index is 10.9. The van der Waals surface area contributed by atoms with E-state index in [0.717, 1.165) is 0 Å². The minimum Gasteiger partial charge on any atom is -0.508 e. The Morgan fingerprint density at radius 2 is 2.21 bits per heavy atom. The Hall–Kier alpha value is -2.02. The number of nitrogens with zero attached hydrogens (tertiary/aromatic N) is 1. The Kier molecular flexibility index (Phi) is 2.73. The minimum atomic E-state index is -1.19. The number of aromatic hydroxyl groups is 1. The first-order chi connectivity index (χ1) is 6.61. The van der Waals surface area contributed by atoms with E-state index in [-0.39, 0.29) is 16.9 Å². The van der Waals surface area contributed by atoms with Gasteiger partial charge in [-0.05, 0) is 18.6 Å². The van der Waals surface area contributed by atoms with Crippen LogP contribution in [0, 0.1) is 11.3 Å². The molecule has 0 aliphatic heterocycles. The Morgan fingerprint density at radius 3 is 2.64 bits per heavy atom. The fourth-order valence-corrected chi connectivity index (χ4v) is 1.33. The predicted molar refractivity (Wildman–Crippen MR) is 49.2 cm³/mol. The van der Waals surface area contributed by atoms with E-state index in [2.05, 4.69) is 0 Å². The van der Waals surface area contributed by atoms with Crippen LogP contribution in [-0.2, 0) is 6.42 Å². The second-order valence-electron chi connectivity index (χ2n) is 2.76. The molecule has 0 atom stereocenters. The maximum atomic E-state index is 10.9. The van der Waals surface area contributed by atoms with Gasteiger partial charge in [-0.3, -0.25) is 0 Å². The molecule has 0 aromatic heterocycles. The second kappa shape index (κ2) is 3.79. The van der Waals surface area contributed by atoms with Gasteiger partial charge in [0.05, 0.1) is 11.1 Å². The number of hydrogen-bond acceptors (Lipinski definition) is 3. The number of rotatable bonds is 2. The molecule has 4 heteroatoms. The third kappa shape index (κ3) is 1.52. The summed E-state index contributed by atoms with van der Waals surface area (Å²) in [5.41, 5.74) is 0.277. The summed E-state index contributed by atoms with van der Waals surface area (Å²) in [7, 11) is 0. The molecule has 1 aromatic rings. The van der Waals surface area contributed by atoms with Gasteiger partial charge >= 0.3 is 5.97 Å². The monoisotopic (exact) mass is 191 g/mol. The van der Waals surface area contributed by atoms with Crippen molar-refractivity contribution < 1.29 is 15.0 Å². The van der Waals surface area contributed by atoms with Crippen molar-refractivity contribution in [1.82, 2.24) is 0 Å². The summed E-state index contributed by atoms with van der Waals surface area (Å²) in [6, 6.07) is 4.43. The van der Waals surface area contributed by atoms with E-state index in [1.54, 1.807) is 13.0 Å². The maximum Gasteiger partial charge on any atom is 0.337 e. The third-order valence-corrected chi connectivity index (χ3v) is 1.98. The van der Waals surface area contributed by atoms with Crippen LogP contribution in [0.1, 0.15) is 28.4 Å². The number of nitriles is 1. The van der Waals surface area contributed by atoms with Crippen LogP contribution in [-0.4, -0.2) is 16.2 Å². The van der Waals surface area contributed by atoms with Gasteiger partial charge in [-0.1, -0.05) is 6.92 Å². The Morgan fingerprint density at radius 1 is 1.57 bits per heavy atom. The molecule has 0 bridgehead atoms. The fraction of sp³-hybridized carbons (Fsp3) is 0.200. The van der Waals surface area contributed by atoms with Crippen molar-refractivity contribution in [3.8, 4) is 11.8 Å². The third-order valence-electron chi connectivity index (χ3n) is 1.98. The molecule has 1 aromatic carbocycles. The average molecular weight is 191 g/mol. The van der Waals surface area contributed by atoms with Crippen LogP contribution < -0.4 is 0 Å². The van der Waals surface area contributed by atoms with Gasteiger partial charge < -0.3 is 10.2 Å². The summed E-state index contributed by atoms with van der Waals surface area (Å²) in [4.78, 5) is 10.9. The summed E-state index contributed by atoms with van der Waals surface area (Å²) in [6.45, 7) is 1.72. The lowest BCUT2D eigenvalue weighted by molar-refractivity contribution is 0.0695. The smallest absolute Gasteiger partial charge is 0.337 e. The van der Waals surface area contributed by atoms with Crippen molar-refractivity contribution in [1.29, 1.82) is 5.26 Å². The molecule has 2 N–H and O–H groups in total. The number of carbonyl (C=O) groups is 1. The number of hydrogen-bond donors (Lipinski definition) is 2. The summed E-state index contributed by atoms with van der Waals surface area (Å²) in [6.07, 6.45) is 0.378. The summed E-state index contributed by atoms with van der Waals surface area (Å²) in [5.74, 6) is -1.27. The van der Waals surface area contributed by atoms with E-state index in [1.165, 1.54) is 12.1 Å². The van der Waals surface area contributed by atoms with Gasteiger partial charge in [0.2, 0.25) is 0 Å². The molecule has 0 radical (unpaired) electrons. The zero-order valence-electron chi connectivity index (χ0n) is 7.61. The van der Waals surface area contributed by atoms with Gasteiger partial charge in [0, 0.05) is 5.56 Å². The van der Waals surface area contributed by atoms with Crippen molar-refractivity contribution >= 4 is 5.97 Å². The van der Waals surface area contributed by atoms with Crippen molar-refractivity contribution in [3.63, 3.8) is 0 Å². The first-order valence-corrected chi connectivity index (χ1v) is 4.10. The summed E-state index contributed by atoms with van der Waals surface area (Å²) in [5, 5.41) is 26.9. The summed E-state index contributed by atoms with van der Waals surface area (Å²) < 4.78 is 0. The standard InChI is InChI=1S/C10H9NO3/c1-2-7-8(12)4-3-6(5-11)9(7)10(13)14/h3-4,12H,2H2,1H3,(H,13,14). The highest BCUT2D eigenvalue weighted by atomic mass is 16.4. The quantitative estimate of drug-likeness (QED) is 0.742. The van der Waals surface area contributed by atoms with Crippen LogP contribution in [0.15, 0.2) is 12.1 Å². The topological polar surface area (TPSA) is 81.3 Å². The van der Waals surface area contributed by atoms with Crippen LogP contribution in [0.3, 0.4) is 0 Å². The normalized spacial score (nSPS) is 9.43. The van der Waals surface area contributed by atoms with Crippen molar-refractivity contribution in [2.45, 2.75) is 13.3 Å². The molecule has 14 heavy (non-hydrogen) atoms. The van der Waals surface area contributed by atoms with E-state index in [1.807, 2.05) is 0 Å². The predicted octanol–water partition coefficient (Wildman–Crippen LogP) is 1.52. The highest BCUT2D eigenvalue weighted by molar-refractivity contribution is 5.93. The second-order valence-corrected chi connectivity index (χ2v) is 2.76. The molecular formula is C10H9NO3. The minimum absolute atomic E-state index is 0.0761. The van der Waals surface area contributed by atoms with E-state index in [4.69, 9.17) is 10.4 Å². The Labute approximate surface area is 81.0 Å². The van der Waals surface area contributed by atoms with Gasteiger partial charge in [0.25, 0.3) is 0 Å². The van der Waals surface area contributed by atoms with Gasteiger partial charge in [-0.25, -0.2) is 4.79 Å². The molecule has 0 amide bonds. The first kappa shape index (κ1) is 10.1. The number of benzene rings is 1. The number of carboxylic acid groups (broad SMARTS) is 1. The molecule has 0 saturated heterocycles. The largest absolute Gasteiger partial charge is 0.508 e. The lowest BCUT2D eigenvalue weighted by Crippen LogP contribution is -2.05. The molecule has 0 heterocycles. The van der Waals surface area contributed by atoms with E-state index < -0.39 is 5.97 Å². The van der Waals surface area contributed by atoms with Gasteiger partial charge in [-0.15, -0.1) is 0 Å². The number of aromatic carboxylic acids is 1. The molecular weight excluding hydrogens is 182 g/mol. The number of phenolic OH excluding ortho intramolecular Hbond substituents is 1. The molecule has 72 valence electrons. The molecule has 0 aliphatic carbocycles. The average Bonchev–Trinajstić information content (AvgIpc) is 2.17. The molecule has 0 fully saturated rings. The molecule has 0 aliphatic rings. The van der Waals surface area contributed by atoms with Crippen molar-refractivity contribution in [2.75, 3.05) is 0 Å². The van der Waals surface area contributed by atoms with E-state index in [9.17, 15) is 9.90 Å². The number of phenols is 1. The first-order valence-electron chi connectivity index (χ1n) is 4.10. The molecule has 0 saturated carbocycles. The van der Waals surface area contributed by atoms with Crippen LogP contribution >= 0.6 is 0 Å². The molecule has 4 nitrogen and oxygen atoms in total. The Balaban J connectivity index is 3.54. The molecule has 1 rings (SSSR count). The lowest BCUT2D eigenvalue weighted by atomic mass is 9.99. The van der Waals surface area contributed by atoms with E-state index in [0.29, 0.717) is 12.0 Å². The van der Waals surface area contributed by atoms with Gasteiger partial charge in [0.15, 0.2) is 0 Å². The highest BCUT2D eigenvalue weighted by Gasteiger charge is 2.17. The van der Waals surface area contributed by atoms with Crippen LogP contribution in [0.25, 0.3) is 0 Å². The van der Waals surface area contributed by atoms with Crippen LogP contribution in [0.5, 0.6) is 5.75 Å². The molecule has 0 spiro atoms.